The standard InChI is InChI=1S/C12H11ClN2O2.H3O3P/c1-2-3-4-7-5-8(13)6-9-10(7)15-12(17)11(16)14-9;1-4(2)3/h2,5-6H,1,3-4H2,(H,14,16)(H,15,17);4H,(H2,1,2,3). The van der Waals surface area contributed by atoms with E-state index in [-0.39, 0.29) is 0 Å². The van der Waals surface area contributed by atoms with Crippen LogP contribution in [0, 0.1) is 0 Å². The van der Waals surface area contributed by atoms with E-state index in [1.807, 2.05) is 0 Å². The average molecular weight is 333 g/mol. The second-order valence-corrected chi connectivity index (χ2v) is 5.01. The van der Waals surface area contributed by atoms with Crippen LogP contribution < -0.4 is 11.1 Å². The number of nitrogens with one attached hydrogen (secondary N) is 2. The summed E-state index contributed by atoms with van der Waals surface area (Å²) >= 11 is 5.96. The average Bonchev–Trinajstić information content (AvgIpc) is 2.37. The molecular weight excluding hydrogens is 319 g/mol. The van der Waals surface area contributed by atoms with Gasteiger partial charge in [0.1, 0.15) is 0 Å². The van der Waals surface area contributed by atoms with Crippen molar-refractivity contribution in [3.8, 4) is 0 Å². The van der Waals surface area contributed by atoms with Crippen LogP contribution in [0.5, 0.6) is 0 Å². The fourth-order valence-corrected chi connectivity index (χ4v) is 1.95. The Balaban J connectivity index is 0.000000491. The minimum Gasteiger partial charge on any atom is -0.326 e. The molecule has 0 aliphatic rings. The number of rotatable bonds is 3. The number of aromatic amines is 2. The first-order chi connectivity index (χ1) is 9.85. The number of hydrogen-bond acceptors (Lipinski definition) is 3. The third kappa shape index (κ3) is 5.32. The molecule has 0 aliphatic heterocycles. The largest absolute Gasteiger partial charge is 0.326 e. The minimum absolute atomic E-state index is 0.527. The van der Waals surface area contributed by atoms with Gasteiger partial charge in [0.25, 0.3) is 0 Å². The van der Waals surface area contributed by atoms with E-state index < -0.39 is 19.4 Å². The van der Waals surface area contributed by atoms with E-state index in [0.29, 0.717) is 22.5 Å². The van der Waals surface area contributed by atoms with Crippen molar-refractivity contribution in [2.45, 2.75) is 12.8 Å². The van der Waals surface area contributed by atoms with Gasteiger partial charge in [-0.15, -0.1) is 6.58 Å². The lowest BCUT2D eigenvalue weighted by Crippen LogP contribution is -2.29. The lowest BCUT2D eigenvalue weighted by Gasteiger charge is -2.05. The number of allylic oxidation sites excluding steroid dienone is 1. The maximum Gasteiger partial charge on any atom is 0.314 e. The van der Waals surface area contributed by atoms with Gasteiger partial charge in [0, 0.05) is 5.02 Å². The van der Waals surface area contributed by atoms with Crippen molar-refractivity contribution in [2.75, 3.05) is 0 Å². The molecule has 0 fully saturated rings. The second-order valence-electron chi connectivity index (χ2n) is 4.01. The van der Waals surface area contributed by atoms with Gasteiger partial charge in [0.2, 0.25) is 0 Å². The summed E-state index contributed by atoms with van der Waals surface area (Å²) in [7, 11) is -3.13. The van der Waals surface area contributed by atoms with Crippen molar-refractivity contribution in [3.05, 3.63) is 56.1 Å². The Morgan fingerprint density at radius 1 is 1.24 bits per heavy atom. The summed E-state index contributed by atoms with van der Waals surface area (Å²) in [6, 6.07) is 3.40. The van der Waals surface area contributed by atoms with Crippen LogP contribution in [0.4, 0.5) is 0 Å². The Labute approximate surface area is 124 Å². The summed E-state index contributed by atoms with van der Waals surface area (Å²) in [5.41, 5.74) is 0.733. The van der Waals surface area contributed by atoms with Gasteiger partial charge in [0.15, 0.2) is 0 Å². The van der Waals surface area contributed by atoms with Gasteiger partial charge in [-0.05, 0) is 30.5 Å². The highest BCUT2D eigenvalue weighted by Gasteiger charge is 2.06. The van der Waals surface area contributed by atoms with Crippen LogP contribution in [0.1, 0.15) is 12.0 Å². The van der Waals surface area contributed by atoms with Crippen LogP contribution in [0.2, 0.25) is 5.02 Å². The molecule has 2 rings (SSSR count). The van der Waals surface area contributed by atoms with E-state index in [4.69, 9.17) is 26.0 Å². The van der Waals surface area contributed by atoms with Gasteiger partial charge in [-0.25, -0.2) is 0 Å². The lowest BCUT2D eigenvalue weighted by molar-refractivity contribution is 0.405. The smallest absolute Gasteiger partial charge is 0.314 e. The molecule has 9 heteroatoms. The molecule has 7 nitrogen and oxygen atoms in total. The topological polar surface area (TPSA) is 123 Å². The number of fused-ring (bicyclic) bond motifs is 1. The Bertz CT molecular complexity index is 779. The normalized spacial score (nSPS) is 10.3. The van der Waals surface area contributed by atoms with Crippen LogP contribution in [0.3, 0.4) is 0 Å². The van der Waals surface area contributed by atoms with Crippen molar-refractivity contribution in [3.63, 3.8) is 0 Å². The van der Waals surface area contributed by atoms with Crippen LogP contribution in [-0.4, -0.2) is 19.8 Å². The summed E-state index contributed by atoms with van der Waals surface area (Å²) in [6.45, 7) is 3.65. The van der Waals surface area contributed by atoms with E-state index in [2.05, 4.69) is 16.5 Å². The molecule has 0 spiro atoms. The Morgan fingerprint density at radius 3 is 2.38 bits per heavy atom. The van der Waals surface area contributed by atoms with Gasteiger partial charge in [-0.2, -0.15) is 0 Å². The Morgan fingerprint density at radius 2 is 1.81 bits per heavy atom. The van der Waals surface area contributed by atoms with Crippen LogP contribution in [0.15, 0.2) is 34.4 Å². The van der Waals surface area contributed by atoms with E-state index in [9.17, 15) is 9.59 Å². The van der Waals surface area contributed by atoms with Gasteiger partial charge in [-0.3, -0.25) is 14.2 Å². The fourth-order valence-electron chi connectivity index (χ4n) is 1.71. The minimum atomic E-state index is -3.13. The number of aromatic nitrogens is 2. The van der Waals surface area contributed by atoms with Crippen LogP contribution >= 0.6 is 19.9 Å². The molecule has 0 aliphatic carbocycles. The van der Waals surface area contributed by atoms with Crippen molar-refractivity contribution in [2.24, 2.45) is 0 Å². The van der Waals surface area contributed by atoms with Crippen LogP contribution in [-0.2, 0) is 11.0 Å². The zero-order chi connectivity index (χ0) is 16.0. The first-order valence-electron chi connectivity index (χ1n) is 5.82. The molecular formula is C12H14ClN2O5P. The Hall–Kier alpha value is -1.66. The summed E-state index contributed by atoms with van der Waals surface area (Å²) in [4.78, 5) is 41.9. The molecule has 0 saturated carbocycles. The number of hydrogen-bond donors (Lipinski definition) is 4. The monoisotopic (exact) mass is 332 g/mol. The SMILES string of the molecule is C=CCCc1cc(Cl)cc2[nH]c(=O)c(=O)[nH]c12.O=[PH](O)O. The lowest BCUT2D eigenvalue weighted by atomic mass is 10.1. The third-order valence-corrected chi connectivity index (χ3v) is 2.71. The molecule has 4 N–H and O–H groups in total. The highest BCUT2D eigenvalue weighted by molar-refractivity contribution is 7.30. The predicted molar refractivity (Wildman–Crippen MR) is 82.2 cm³/mol. The number of H-pyrrole nitrogens is 2. The molecule has 1 aromatic heterocycles. The van der Waals surface area contributed by atoms with E-state index in [0.717, 1.165) is 12.0 Å². The first kappa shape index (κ1) is 17.4. The molecule has 0 saturated heterocycles. The van der Waals surface area contributed by atoms with Crippen molar-refractivity contribution in [1.82, 2.24) is 9.97 Å². The van der Waals surface area contributed by atoms with E-state index in [1.54, 1.807) is 18.2 Å². The second kappa shape index (κ2) is 7.95. The fraction of sp³-hybridized carbons (Fsp3) is 0.167. The van der Waals surface area contributed by atoms with Gasteiger partial charge < -0.3 is 19.8 Å². The quantitative estimate of drug-likeness (QED) is 0.384. The summed E-state index contributed by atoms with van der Waals surface area (Å²) < 4.78 is 8.74. The summed E-state index contributed by atoms with van der Waals surface area (Å²) in [6.07, 6.45) is 3.27. The molecule has 0 radical (unpaired) electrons. The van der Waals surface area contributed by atoms with Crippen molar-refractivity contribution in [1.29, 1.82) is 0 Å². The highest BCUT2D eigenvalue weighted by Crippen LogP contribution is 2.20. The van der Waals surface area contributed by atoms with Gasteiger partial charge >= 0.3 is 19.4 Å². The maximum absolute atomic E-state index is 11.3. The zero-order valence-electron chi connectivity index (χ0n) is 10.9. The van der Waals surface area contributed by atoms with Crippen molar-refractivity contribution < 1.29 is 14.4 Å². The molecule has 114 valence electrons. The molecule has 21 heavy (non-hydrogen) atoms. The van der Waals surface area contributed by atoms with Gasteiger partial charge in [0.05, 0.1) is 11.0 Å². The molecule has 0 unspecified atom stereocenters. The Kier molecular flexibility index (Phi) is 6.58. The number of halogens is 1. The van der Waals surface area contributed by atoms with Crippen molar-refractivity contribution >= 4 is 30.9 Å². The number of aryl methyl sites for hydroxylation is 1. The third-order valence-electron chi connectivity index (χ3n) is 2.50. The van der Waals surface area contributed by atoms with Gasteiger partial charge in [-0.1, -0.05) is 17.7 Å². The summed E-state index contributed by atoms with van der Waals surface area (Å²) in [5.74, 6) is 0. The summed E-state index contributed by atoms with van der Waals surface area (Å²) in [5, 5.41) is 0.527. The molecule has 2 aromatic rings. The molecule has 1 aromatic carbocycles. The molecule has 1 heterocycles. The molecule has 0 atom stereocenters. The molecule has 0 amide bonds. The number of benzene rings is 1. The van der Waals surface area contributed by atoms with E-state index >= 15 is 0 Å². The zero-order valence-corrected chi connectivity index (χ0v) is 12.6. The van der Waals surface area contributed by atoms with Crippen LogP contribution in [0.25, 0.3) is 11.0 Å². The maximum atomic E-state index is 11.3. The van der Waals surface area contributed by atoms with E-state index in [1.165, 1.54) is 0 Å². The predicted octanol–water partition coefficient (Wildman–Crippen LogP) is 1.35. The molecule has 0 bridgehead atoms. The first-order valence-corrected chi connectivity index (χ1v) is 7.50. The highest BCUT2D eigenvalue weighted by atomic mass is 35.5.